The van der Waals surface area contributed by atoms with Gasteiger partial charge in [0.1, 0.15) is 0 Å². The molecule has 0 aliphatic carbocycles. The van der Waals surface area contributed by atoms with E-state index < -0.39 is 5.03 Å². The van der Waals surface area contributed by atoms with Gasteiger partial charge in [0.05, 0.1) is 6.54 Å². The van der Waals surface area contributed by atoms with Crippen molar-refractivity contribution in [3.05, 3.63) is 10.1 Å². The number of hydrogen-bond acceptors (Lipinski definition) is 3. The molecule has 7 heavy (non-hydrogen) atoms. The van der Waals surface area contributed by atoms with Crippen molar-refractivity contribution in [3.63, 3.8) is 0 Å². The molecule has 0 unspecified atom stereocenters. The van der Waals surface area contributed by atoms with Crippen molar-refractivity contribution in [2.75, 3.05) is 6.54 Å². The maximum Gasteiger partial charge on any atom is 0.157 e. The van der Waals surface area contributed by atoms with Crippen LogP contribution in [0.25, 0.3) is 0 Å². The molecule has 0 heterocycles. The standard InChI is InChI=1S/C2H6N2O2.H3N/c1-2-3-4(5)6;/h3H,2H2,1H3;1H3. The van der Waals surface area contributed by atoms with Crippen molar-refractivity contribution in [1.82, 2.24) is 11.6 Å². The monoisotopic (exact) mass is 107 g/mol. The van der Waals surface area contributed by atoms with Gasteiger partial charge < -0.3 is 6.15 Å². The Kier molecular flexibility index (Phi) is 6.99. The summed E-state index contributed by atoms with van der Waals surface area (Å²) in [7, 11) is 0. The highest BCUT2D eigenvalue weighted by Crippen LogP contribution is 1.51. The van der Waals surface area contributed by atoms with E-state index in [1.54, 1.807) is 6.92 Å². The fourth-order valence-corrected chi connectivity index (χ4v) is 0.129. The Balaban J connectivity index is 0. The summed E-state index contributed by atoms with van der Waals surface area (Å²) in [6.07, 6.45) is 0. The first-order valence-corrected chi connectivity index (χ1v) is 1.65. The van der Waals surface area contributed by atoms with E-state index in [1.807, 2.05) is 5.43 Å². The van der Waals surface area contributed by atoms with Crippen LogP contribution in [0.2, 0.25) is 0 Å². The van der Waals surface area contributed by atoms with Crippen molar-refractivity contribution in [1.29, 1.82) is 0 Å². The molecular formula is C2H9N3O2. The van der Waals surface area contributed by atoms with Crippen molar-refractivity contribution >= 4 is 0 Å². The first-order valence-electron chi connectivity index (χ1n) is 1.65. The lowest BCUT2D eigenvalue weighted by atomic mass is 10.8. The quantitative estimate of drug-likeness (QED) is 0.382. The summed E-state index contributed by atoms with van der Waals surface area (Å²) in [5, 5.41) is 8.72. The minimum Gasteiger partial charge on any atom is -0.344 e. The molecule has 0 saturated heterocycles. The average Bonchev–Trinajstić information content (AvgIpc) is 1.35. The molecule has 44 valence electrons. The molecule has 0 radical (unpaired) electrons. The Hall–Kier alpha value is -0.840. The number of nitrogens with one attached hydrogen (secondary N) is 1. The highest BCUT2D eigenvalue weighted by atomic mass is 16.7. The summed E-state index contributed by atoms with van der Waals surface area (Å²) < 4.78 is 0. The third-order valence-corrected chi connectivity index (χ3v) is 0.287. The van der Waals surface area contributed by atoms with Gasteiger partial charge in [-0.2, -0.15) is 0 Å². The van der Waals surface area contributed by atoms with E-state index in [-0.39, 0.29) is 6.15 Å². The predicted molar refractivity (Wildman–Crippen MR) is 25.7 cm³/mol. The minimum atomic E-state index is -0.569. The molecular weight excluding hydrogens is 98.0 g/mol. The summed E-state index contributed by atoms with van der Waals surface area (Å²) in [6.45, 7) is 2.05. The van der Waals surface area contributed by atoms with E-state index in [0.717, 1.165) is 0 Å². The van der Waals surface area contributed by atoms with E-state index in [9.17, 15) is 10.1 Å². The molecule has 0 aliphatic heterocycles. The summed E-state index contributed by atoms with van der Waals surface area (Å²) in [5.41, 5.74) is 1.93. The Morgan fingerprint density at radius 2 is 2.29 bits per heavy atom. The van der Waals surface area contributed by atoms with Gasteiger partial charge in [-0.3, -0.25) is 0 Å². The van der Waals surface area contributed by atoms with Gasteiger partial charge in [0.25, 0.3) is 0 Å². The van der Waals surface area contributed by atoms with E-state index in [2.05, 4.69) is 0 Å². The number of nitro groups is 1. The average molecular weight is 107 g/mol. The lowest BCUT2D eigenvalue weighted by Crippen LogP contribution is -2.19. The molecule has 0 bridgehead atoms. The van der Waals surface area contributed by atoms with E-state index in [1.165, 1.54) is 0 Å². The molecule has 5 nitrogen and oxygen atoms in total. The van der Waals surface area contributed by atoms with Crippen LogP contribution in [0.3, 0.4) is 0 Å². The topological polar surface area (TPSA) is 90.2 Å². The molecule has 0 aromatic carbocycles. The van der Waals surface area contributed by atoms with Crippen LogP contribution in [0.15, 0.2) is 0 Å². The molecule has 0 aromatic heterocycles. The van der Waals surface area contributed by atoms with Crippen LogP contribution in [0, 0.1) is 10.1 Å². The van der Waals surface area contributed by atoms with Crippen molar-refractivity contribution < 1.29 is 5.03 Å². The smallest absolute Gasteiger partial charge is 0.157 e. The van der Waals surface area contributed by atoms with Gasteiger partial charge in [-0.05, 0) is 6.92 Å². The van der Waals surface area contributed by atoms with Crippen LogP contribution in [0.1, 0.15) is 6.92 Å². The molecule has 0 aromatic rings. The second kappa shape index (κ2) is 5.16. The molecule has 0 fully saturated rings. The highest BCUT2D eigenvalue weighted by molar-refractivity contribution is 4.11. The van der Waals surface area contributed by atoms with Gasteiger partial charge in [0.15, 0.2) is 5.03 Å². The summed E-state index contributed by atoms with van der Waals surface area (Å²) in [6, 6.07) is 0. The largest absolute Gasteiger partial charge is 0.344 e. The third-order valence-electron chi connectivity index (χ3n) is 0.287. The van der Waals surface area contributed by atoms with Crippen LogP contribution in [0.4, 0.5) is 0 Å². The Morgan fingerprint density at radius 1 is 1.86 bits per heavy atom. The van der Waals surface area contributed by atoms with Gasteiger partial charge >= 0.3 is 0 Å². The Bertz CT molecular complexity index is 54.9. The van der Waals surface area contributed by atoms with Gasteiger partial charge in [0.2, 0.25) is 0 Å². The van der Waals surface area contributed by atoms with Crippen LogP contribution < -0.4 is 11.6 Å². The molecule has 0 aliphatic rings. The second-order valence-electron chi connectivity index (χ2n) is 0.769. The van der Waals surface area contributed by atoms with Gasteiger partial charge in [-0.1, -0.05) is 0 Å². The molecule has 0 spiro atoms. The zero-order valence-electron chi connectivity index (χ0n) is 4.18. The zero-order chi connectivity index (χ0) is 4.99. The highest BCUT2D eigenvalue weighted by Gasteiger charge is 1.80. The van der Waals surface area contributed by atoms with Gasteiger partial charge in [-0.25, -0.2) is 10.1 Å². The van der Waals surface area contributed by atoms with Crippen LogP contribution in [-0.4, -0.2) is 11.6 Å². The zero-order valence-corrected chi connectivity index (χ0v) is 4.18. The second-order valence-corrected chi connectivity index (χ2v) is 0.769. The lowest BCUT2D eigenvalue weighted by molar-refractivity contribution is -0.543. The summed E-state index contributed by atoms with van der Waals surface area (Å²) in [4.78, 5) is 9.29. The first kappa shape index (κ1) is 9.48. The van der Waals surface area contributed by atoms with Crippen molar-refractivity contribution in [2.45, 2.75) is 6.92 Å². The molecule has 0 saturated carbocycles. The number of hydrogen-bond donors (Lipinski definition) is 2. The van der Waals surface area contributed by atoms with E-state index in [0.29, 0.717) is 6.54 Å². The minimum absolute atomic E-state index is 0. The number of nitrogens with zero attached hydrogens (tertiary/aromatic N) is 1. The van der Waals surface area contributed by atoms with Crippen LogP contribution >= 0.6 is 0 Å². The van der Waals surface area contributed by atoms with E-state index >= 15 is 0 Å². The first-order chi connectivity index (χ1) is 2.77. The van der Waals surface area contributed by atoms with Crippen molar-refractivity contribution in [2.24, 2.45) is 0 Å². The van der Waals surface area contributed by atoms with Crippen molar-refractivity contribution in [3.8, 4) is 0 Å². The molecule has 0 rings (SSSR count). The van der Waals surface area contributed by atoms with E-state index in [4.69, 9.17) is 0 Å². The van der Waals surface area contributed by atoms with Gasteiger partial charge in [-0.15, -0.1) is 5.43 Å². The number of rotatable bonds is 2. The molecule has 0 amide bonds. The fourth-order valence-electron chi connectivity index (χ4n) is 0.129. The maximum absolute atomic E-state index is 9.29. The van der Waals surface area contributed by atoms with Gasteiger partial charge in [0, 0.05) is 0 Å². The fraction of sp³-hybridized carbons (Fsp3) is 1.00. The molecule has 5 heteroatoms. The molecule has 4 N–H and O–H groups in total. The normalized spacial score (nSPS) is 6.43. The Morgan fingerprint density at radius 3 is 2.29 bits per heavy atom. The molecule has 0 atom stereocenters. The third kappa shape index (κ3) is 11.0. The lowest BCUT2D eigenvalue weighted by Gasteiger charge is -1.83. The Labute approximate surface area is 41.4 Å². The van der Waals surface area contributed by atoms with Crippen LogP contribution in [-0.2, 0) is 0 Å². The maximum atomic E-state index is 9.29. The predicted octanol–water partition coefficient (Wildman–Crippen LogP) is -0.0504. The summed E-state index contributed by atoms with van der Waals surface area (Å²) >= 11 is 0. The summed E-state index contributed by atoms with van der Waals surface area (Å²) in [5.74, 6) is 0. The van der Waals surface area contributed by atoms with Crippen LogP contribution in [0.5, 0.6) is 0 Å². The SMILES string of the molecule is CCN[N+](=O)[O-].N. The number of hydrazine groups is 1.